The van der Waals surface area contributed by atoms with Crippen LogP contribution in [0.15, 0.2) is 24.4 Å². The average molecular weight is 517 g/mol. The predicted molar refractivity (Wildman–Crippen MR) is 133 cm³/mol. The van der Waals surface area contributed by atoms with E-state index in [1.54, 1.807) is 33.9 Å². The van der Waals surface area contributed by atoms with Gasteiger partial charge in [-0.3, -0.25) is 14.7 Å². The summed E-state index contributed by atoms with van der Waals surface area (Å²) in [4.78, 5) is 54.0. The smallest absolute Gasteiger partial charge is 0.407 e. The minimum absolute atomic E-state index is 0.0950. The molecule has 0 spiro atoms. The van der Waals surface area contributed by atoms with E-state index in [4.69, 9.17) is 9.47 Å². The fourth-order valence-electron chi connectivity index (χ4n) is 3.24. The lowest BCUT2D eigenvalue weighted by atomic mass is 10.1. The fraction of sp³-hybridized carbons (Fsp3) is 0.391. The second-order valence-electron chi connectivity index (χ2n) is 8.84. The molecule has 0 saturated heterocycles. The summed E-state index contributed by atoms with van der Waals surface area (Å²) in [5, 5.41) is 15.6. The predicted octanol–water partition coefficient (Wildman–Crippen LogP) is 2.31. The fourth-order valence-corrected chi connectivity index (χ4v) is 4.13. The van der Waals surface area contributed by atoms with Crippen molar-refractivity contribution in [3.63, 3.8) is 0 Å². The second-order valence-corrected chi connectivity index (χ2v) is 9.84. The summed E-state index contributed by atoms with van der Waals surface area (Å²) >= 11 is 0.968. The molecule has 3 amide bonds. The van der Waals surface area contributed by atoms with Crippen LogP contribution in [0.1, 0.15) is 41.7 Å². The lowest BCUT2D eigenvalue weighted by Gasteiger charge is -2.21. The Labute approximate surface area is 211 Å². The van der Waals surface area contributed by atoms with Gasteiger partial charge in [0.1, 0.15) is 16.5 Å². The van der Waals surface area contributed by atoms with Gasteiger partial charge in [-0.15, -0.1) is 0 Å². The second kappa shape index (κ2) is 11.2. The SMILES string of the molecule is COC(=O)C(CNC(=O)OC(C)(C)C)NC(=O)c1sc(NC(=O)Cc2cccc3[nH]ncc23)nc1C. The third kappa shape index (κ3) is 7.01. The third-order valence-electron chi connectivity index (χ3n) is 4.82. The van der Waals surface area contributed by atoms with Gasteiger partial charge >= 0.3 is 12.1 Å². The number of nitrogens with one attached hydrogen (secondary N) is 4. The van der Waals surface area contributed by atoms with Crippen molar-refractivity contribution in [3.05, 3.63) is 40.5 Å². The molecule has 192 valence electrons. The van der Waals surface area contributed by atoms with Crippen LogP contribution in [-0.2, 0) is 25.5 Å². The molecular formula is C23H28N6O6S. The van der Waals surface area contributed by atoms with Gasteiger partial charge in [0, 0.05) is 5.39 Å². The number of carbonyl (C=O) groups excluding carboxylic acids is 4. The van der Waals surface area contributed by atoms with E-state index >= 15 is 0 Å². The highest BCUT2D eigenvalue weighted by atomic mass is 32.1. The summed E-state index contributed by atoms with van der Waals surface area (Å²) in [6.07, 6.45) is 1.01. The number of H-pyrrole nitrogens is 1. The molecule has 0 aliphatic carbocycles. The maximum Gasteiger partial charge on any atom is 0.407 e. The zero-order valence-corrected chi connectivity index (χ0v) is 21.4. The molecule has 0 saturated carbocycles. The van der Waals surface area contributed by atoms with Crippen molar-refractivity contribution >= 4 is 51.2 Å². The first-order chi connectivity index (χ1) is 17.0. The number of alkyl carbamates (subject to hydrolysis) is 1. The molecule has 2 heterocycles. The van der Waals surface area contributed by atoms with E-state index in [2.05, 4.69) is 31.1 Å². The first kappa shape index (κ1) is 26.6. The molecule has 1 atom stereocenters. The van der Waals surface area contributed by atoms with Crippen molar-refractivity contribution in [1.82, 2.24) is 25.8 Å². The minimum atomic E-state index is -1.16. The molecule has 36 heavy (non-hydrogen) atoms. The molecule has 4 N–H and O–H groups in total. The number of rotatable bonds is 8. The van der Waals surface area contributed by atoms with Crippen LogP contribution in [0, 0.1) is 6.92 Å². The number of methoxy groups -OCH3 is 1. The van der Waals surface area contributed by atoms with Crippen LogP contribution in [0.2, 0.25) is 0 Å². The summed E-state index contributed by atoms with van der Waals surface area (Å²) in [5.74, 6) is -1.66. The summed E-state index contributed by atoms with van der Waals surface area (Å²) in [6.45, 7) is 6.47. The molecule has 3 aromatic rings. The zero-order valence-electron chi connectivity index (χ0n) is 20.6. The number of esters is 1. The number of ether oxygens (including phenoxy) is 2. The number of nitrogens with zero attached hydrogens (tertiary/aromatic N) is 2. The Morgan fingerprint density at radius 2 is 1.94 bits per heavy atom. The highest BCUT2D eigenvalue weighted by Crippen LogP contribution is 2.23. The molecule has 0 bridgehead atoms. The van der Waals surface area contributed by atoms with E-state index in [0.717, 1.165) is 27.8 Å². The Kier molecular flexibility index (Phi) is 8.25. The van der Waals surface area contributed by atoms with E-state index in [0.29, 0.717) is 5.69 Å². The van der Waals surface area contributed by atoms with E-state index in [-0.39, 0.29) is 28.9 Å². The molecule has 0 aliphatic heterocycles. The summed E-state index contributed by atoms with van der Waals surface area (Å²) < 4.78 is 9.87. The Morgan fingerprint density at radius 3 is 2.64 bits per heavy atom. The minimum Gasteiger partial charge on any atom is -0.467 e. The van der Waals surface area contributed by atoms with Crippen LogP contribution < -0.4 is 16.0 Å². The number of aromatic amines is 1. The van der Waals surface area contributed by atoms with Gasteiger partial charge in [0.2, 0.25) is 5.91 Å². The molecule has 0 fully saturated rings. The van der Waals surface area contributed by atoms with Crippen molar-refractivity contribution in [1.29, 1.82) is 0 Å². The number of fused-ring (bicyclic) bond motifs is 1. The lowest BCUT2D eigenvalue weighted by Crippen LogP contribution is -2.49. The van der Waals surface area contributed by atoms with Crippen molar-refractivity contribution in [2.75, 3.05) is 19.0 Å². The largest absolute Gasteiger partial charge is 0.467 e. The van der Waals surface area contributed by atoms with Crippen molar-refractivity contribution in [2.45, 2.75) is 45.8 Å². The van der Waals surface area contributed by atoms with Gasteiger partial charge in [-0.2, -0.15) is 5.10 Å². The van der Waals surface area contributed by atoms with Crippen LogP contribution in [0.25, 0.3) is 10.9 Å². The maximum atomic E-state index is 12.9. The molecule has 0 aliphatic rings. The van der Waals surface area contributed by atoms with Gasteiger partial charge in [-0.25, -0.2) is 14.6 Å². The number of aromatic nitrogens is 3. The van der Waals surface area contributed by atoms with Gasteiger partial charge < -0.3 is 25.4 Å². The standard InChI is InChI=1S/C23H28N6O6S/c1-12-18(19(31)27-16(20(32)34-5)11-24-22(33)35-23(2,3)4)36-21(26-12)28-17(30)9-13-7-6-8-15-14(13)10-25-29-15/h6-8,10,16H,9,11H2,1-5H3,(H,24,33)(H,25,29)(H,27,31)(H,26,28,30). The van der Waals surface area contributed by atoms with E-state index in [1.807, 2.05) is 18.2 Å². The quantitative estimate of drug-likeness (QED) is 0.331. The van der Waals surface area contributed by atoms with E-state index < -0.39 is 29.6 Å². The Balaban J connectivity index is 1.63. The topological polar surface area (TPSA) is 164 Å². The van der Waals surface area contributed by atoms with Crippen molar-refractivity contribution in [2.24, 2.45) is 0 Å². The van der Waals surface area contributed by atoms with Gasteiger partial charge in [0.15, 0.2) is 5.13 Å². The number of carbonyl (C=O) groups is 4. The number of aryl methyl sites for hydroxylation is 1. The highest BCUT2D eigenvalue weighted by Gasteiger charge is 2.26. The maximum absolute atomic E-state index is 12.9. The van der Waals surface area contributed by atoms with Crippen LogP contribution in [0.3, 0.4) is 0 Å². The monoisotopic (exact) mass is 516 g/mol. The van der Waals surface area contributed by atoms with Crippen LogP contribution in [0.4, 0.5) is 9.93 Å². The summed E-state index contributed by atoms with van der Waals surface area (Å²) in [6, 6.07) is 4.37. The molecule has 13 heteroatoms. The number of thiazole rings is 1. The first-order valence-electron chi connectivity index (χ1n) is 11.0. The van der Waals surface area contributed by atoms with E-state index in [1.165, 1.54) is 7.11 Å². The molecule has 0 radical (unpaired) electrons. The van der Waals surface area contributed by atoms with Crippen LogP contribution in [-0.4, -0.2) is 64.4 Å². The van der Waals surface area contributed by atoms with Crippen molar-refractivity contribution < 1.29 is 28.7 Å². The number of benzene rings is 1. The number of hydrogen-bond donors (Lipinski definition) is 4. The summed E-state index contributed by atoms with van der Waals surface area (Å²) in [5.41, 5.74) is 1.27. The molecule has 2 aromatic heterocycles. The van der Waals surface area contributed by atoms with Crippen molar-refractivity contribution in [3.8, 4) is 0 Å². The number of amides is 3. The van der Waals surface area contributed by atoms with Gasteiger partial charge in [0.05, 0.1) is 37.5 Å². The van der Waals surface area contributed by atoms with Gasteiger partial charge in [-0.05, 0) is 39.3 Å². The Hall–Kier alpha value is -4.00. The van der Waals surface area contributed by atoms with Crippen LogP contribution in [0.5, 0.6) is 0 Å². The number of hydrogen-bond acceptors (Lipinski definition) is 9. The lowest BCUT2D eigenvalue weighted by molar-refractivity contribution is -0.142. The third-order valence-corrected chi connectivity index (χ3v) is 5.89. The number of anilines is 1. The molecule has 1 unspecified atom stereocenters. The average Bonchev–Trinajstić information content (AvgIpc) is 3.41. The Morgan fingerprint density at radius 1 is 1.19 bits per heavy atom. The molecule has 12 nitrogen and oxygen atoms in total. The molecule has 3 rings (SSSR count). The highest BCUT2D eigenvalue weighted by molar-refractivity contribution is 7.17. The van der Waals surface area contributed by atoms with Gasteiger partial charge in [-0.1, -0.05) is 23.5 Å². The molecular weight excluding hydrogens is 488 g/mol. The normalized spacial score (nSPS) is 12.0. The zero-order chi connectivity index (χ0) is 26.5. The Bertz CT molecular complexity index is 1280. The van der Waals surface area contributed by atoms with E-state index in [9.17, 15) is 19.2 Å². The van der Waals surface area contributed by atoms with Crippen LogP contribution >= 0.6 is 11.3 Å². The summed E-state index contributed by atoms with van der Waals surface area (Å²) in [7, 11) is 1.17. The molecule has 1 aromatic carbocycles. The first-order valence-corrected chi connectivity index (χ1v) is 11.8. The van der Waals surface area contributed by atoms with Gasteiger partial charge in [0.25, 0.3) is 5.91 Å².